The molecule has 1 heterocycles. The molecular formula is C13H23N3. The van der Waals surface area contributed by atoms with Gasteiger partial charge in [0.1, 0.15) is 5.82 Å². The van der Waals surface area contributed by atoms with Crippen LogP contribution in [0, 0.1) is 5.92 Å². The van der Waals surface area contributed by atoms with E-state index in [2.05, 4.69) is 41.8 Å². The third-order valence-electron chi connectivity index (χ3n) is 3.59. The molecule has 3 heteroatoms. The molecule has 2 unspecified atom stereocenters. The van der Waals surface area contributed by atoms with Crippen LogP contribution in [0.2, 0.25) is 0 Å². The predicted molar refractivity (Wildman–Crippen MR) is 66.5 cm³/mol. The van der Waals surface area contributed by atoms with Crippen molar-refractivity contribution >= 4 is 0 Å². The minimum Gasteiger partial charge on any atom is -0.332 e. The molecule has 1 fully saturated rings. The fraction of sp³-hybridized carbons (Fsp3) is 0.769. The summed E-state index contributed by atoms with van der Waals surface area (Å²) in [6, 6.07) is 1.28. The maximum Gasteiger partial charge on any atom is 0.108 e. The molecule has 0 bridgehead atoms. The predicted octanol–water partition coefficient (Wildman–Crippen LogP) is 2.39. The van der Waals surface area contributed by atoms with Crippen molar-refractivity contribution in [1.82, 2.24) is 14.9 Å². The monoisotopic (exact) mass is 221 g/mol. The lowest BCUT2D eigenvalue weighted by atomic mass is 9.79. The van der Waals surface area contributed by atoms with Crippen LogP contribution in [0.1, 0.15) is 45.5 Å². The molecule has 1 aliphatic rings. The summed E-state index contributed by atoms with van der Waals surface area (Å²) in [6.45, 7) is 7.74. The van der Waals surface area contributed by atoms with Gasteiger partial charge in [0, 0.05) is 37.4 Å². The highest BCUT2D eigenvalue weighted by Gasteiger charge is 2.32. The van der Waals surface area contributed by atoms with E-state index in [1.54, 1.807) is 0 Å². The maximum atomic E-state index is 4.41. The Kier molecular flexibility index (Phi) is 3.64. The molecular weight excluding hydrogens is 198 g/mol. The Bertz CT molecular complexity index is 330. The molecule has 0 amide bonds. The average Bonchev–Trinajstić information content (AvgIpc) is 2.63. The van der Waals surface area contributed by atoms with Gasteiger partial charge in [-0.3, -0.25) is 0 Å². The van der Waals surface area contributed by atoms with Crippen molar-refractivity contribution in [2.24, 2.45) is 5.92 Å². The zero-order chi connectivity index (χ0) is 11.5. The quantitative estimate of drug-likeness (QED) is 0.827. The van der Waals surface area contributed by atoms with E-state index >= 15 is 0 Å². The Balaban J connectivity index is 1.95. The van der Waals surface area contributed by atoms with Crippen LogP contribution in [0.5, 0.6) is 0 Å². The van der Waals surface area contributed by atoms with Gasteiger partial charge in [-0.25, -0.2) is 4.98 Å². The second-order valence-electron chi connectivity index (χ2n) is 5.07. The van der Waals surface area contributed by atoms with Crippen LogP contribution in [0.15, 0.2) is 12.4 Å². The Labute approximate surface area is 98.3 Å². The SMILES string of the molecule is CCc1nccn1C1CCC1CNC(C)C. The molecule has 1 saturated carbocycles. The Morgan fingerprint density at radius 2 is 2.31 bits per heavy atom. The van der Waals surface area contributed by atoms with Gasteiger partial charge >= 0.3 is 0 Å². The highest BCUT2D eigenvalue weighted by Crippen LogP contribution is 2.38. The van der Waals surface area contributed by atoms with Gasteiger partial charge in [-0.05, 0) is 18.8 Å². The highest BCUT2D eigenvalue weighted by atomic mass is 15.1. The lowest BCUT2D eigenvalue weighted by Crippen LogP contribution is -2.39. The number of nitrogens with one attached hydrogen (secondary N) is 1. The fourth-order valence-corrected chi connectivity index (χ4v) is 2.46. The number of hydrogen-bond acceptors (Lipinski definition) is 2. The third-order valence-corrected chi connectivity index (χ3v) is 3.59. The highest BCUT2D eigenvalue weighted by molar-refractivity contribution is 5.00. The zero-order valence-corrected chi connectivity index (χ0v) is 10.6. The van der Waals surface area contributed by atoms with Crippen molar-refractivity contribution in [3.05, 3.63) is 18.2 Å². The van der Waals surface area contributed by atoms with Gasteiger partial charge in [-0.2, -0.15) is 0 Å². The van der Waals surface area contributed by atoms with Crippen LogP contribution in [-0.2, 0) is 6.42 Å². The molecule has 0 spiro atoms. The molecule has 16 heavy (non-hydrogen) atoms. The van der Waals surface area contributed by atoms with Gasteiger partial charge < -0.3 is 9.88 Å². The first-order valence-electron chi connectivity index (χ1n) is 6.47. The first-order chi connectivity index (χ1) is 7.72. The smallest absolute Gasteiger partial charge is 0.108 e. The van der Waals surface area contributed by atoms with E-state index < -0.39 is 0 Å². The van der Waals surface area contributed by atoms with Gasteiger partial charge in [0.25, 0.3) is 0 Å². The van der Waals surface area contributed by atoms with E-state index in [1.165, 1.54) is 18.7 Å². The maximum absolute atomic E-state index is 4.41. The summed E-state index contributed by atoms with van der Waals surface area (Å²) in [4.78, 5) is 4.41. The molecule has 2 rings (SSSR count). The van der Waals surface area contributed by atoms with Crippen molar-refractivity contribution in [3.63, 3.8) is 0 Å². The normalized spacial score (nSPS) is 24.8. The molecule has 90 valence electrons. The van der Waals surface area contributed by atoms with Crippen molar-refractivity contribution < 1.29 is 0 Å². The topological polar surface area (TPSA) is 29.9 Å². The van der Waals surface area contributed by atoms with Crippen LogP contribution < -0.4 is 5.32 Å². The van der Waals surface area contributed by atoms with Gasteiger partial charge in [-0.15, -0.1) is 0 Å². The Morgan fingerprint density at radius 3 is 2.88 bits per heavy atom. The van der Waals surface area contributed by atoms with Crippen LogP contribution in [0.3, 0.4) is 0 Å². The van der Waals surface area contributed by atoms with Gasteiger partial charge in [0.05, 0.1) is 0 Å². The summed E-state index contributed by atoms with van der Waals surface area (Å²) in [5.41, 5.74) is 0. The van der Waals surface area contributed by atoms with E-state index in [0.29, 0.717) is 12.1 Å². The van der Waals surface area contributed by atoms with Crippen molar-refractivity contribution in [3.8, 4) is 0 Å². The van der Waals surface area contributed by atoms with Gasteiger partial charge in [0.2, 0.25) is 0 Å². The number of aromatic nitrogens is 2. The summed E-state index contributed by atoms with van der Waals surface area (Å²) in [5.74, 6) is 2.03. The second kappa shape index (κ2) is 5.00. The average molecular weight is 221 g/mol. The van der Waals surface area contributed by atoms with E-state index in [9.17, 15) is 0 Å². The number of imidazole rings is 1. The second-order valence-corrected chi connectivity index (χ2v) is 5.07. The number of nitrogens with zero attached hydrogens (tertiary/aromatic N) is 2. The minimum absolute atomic E-state index is 0.592. The summed E-state index contributed by atoms with van der Waals surface area (Å²) in [6.07, 6.45) is 7.78. The first kappa shape index (κ1) is 11.6. The number of hydrogen-bond donors (Lipinski definition) is 1. The molecule has 3 nitrogen and oxygen atoms in total. The Morgan fingerprint density at radius 1 is 1.50 bits per heavy atom. The number of aryl methyl sites for hydroxylation is 1. The standard InChI is InChI=1S/C13H23N3/c1-4-13-14-7-8-16(13)12-6-5-11(12)9-15-10(2)3/h7-8,10-12,15H,4-6,9H2,1-3H3. The Hall–Kier alpha value is -0.830. The number of rotatable bonds is 5. The zero-order valence-electron chi connectivity index (χ0n) is 10.6. The fourth-order valence-electron chi connectivity index (χ4n) is 2.46. The van der Waals surface area contributed by atoms with Gasteiger partial charge in [-0.1, -0.05) is 20.8 Å². The molecule has 1 aromatic rings. The van der Waals surface area contributed by atoms with E-state index in [1.807, 2.05) is 6.20 Å². The molecule has 1 aliphatic carbocycles. The molecule has 0 radical (unpaired) electrons. The molecule has 1 N–H and O–H groups in total. The van der Waals surface area contributed by atoms with Crippen LogP contribution in [0.4, 0.5) is 0 Å². The van der Waals surface area contributed by atoms with E-state index in [-0.39, 0.29) is 0 Å². The minimum atomic E-state index is 0.592. The summed E-state index contributed by atoms with van der Waals surface area (Å²) >= 11 is 0. The largest absolute Gasteiger partial charge is 0.332 e. The molecule has 1 aromatic heterocycles. The third kappa shape index (κ3) is 2.29. The molecule has 0 saturated heterocycles. The summed E-state index contributed by atoms with van der Waals surface area (Å²) < 4.78 is 2.39. The lowest BCUT2D eigenvalue weighted by Gasteiger charge is -2.39. The first-order valence-corrected chi connectivity index (χ1v) is 6.47. The summed E-state index contributed by atoms with van der Waals surface area (Å²) in [5, 5.41) is 3.54. The van der Waals surface area contributed by atoms with Crippen LogP contribution in [0.25, 0.3) is 0 Å². The van der Waals surface area contributed by atoms with E-state index in [0.717, 1.165) is 18.9 Å². The van der Waals surface area contributed by atoms with Crippen LogP contribution >= 0.6 is 0 Å². The molecule has 0 aromatic carbocycles. The molecule has 2 atom stereocenters. The van der Waals surface area contributed by atoms with E-state index in [4.69, 9.17) is 0 Å². The molecule has 0 aliphatic heterocycles. The van der Waals surface area contributed by atoms with Crippen molar-refractivity contribution in [2.45, 2.75) is 52.1 Å². The van der Waals surface area contributed by atoms with Crippen molar-refractivity contribution in [2.75, 3.05) is 6.54 Å². The van der Waals surface area contributed by atoms with Crippen molar-refractivity contribution in [1.29, 1.82) is 0 Å². The van der Waals surface area contributed by atoms with Gasteiger partial charge in [0.15, 0.2) is 0 Å². The lowest BCUT2D eigenvalue weighted by molar-refractivity contribution is 0.170. The van der Waals surface area contributed by atoms with Crippen LogP contribution in [-0.4, -0.2) is 22.1 Å². The summed E-state index contributed by atoms with van der Waals surface area (Å²) in [7, 11) is 0.